The molecule has 1 N–H and O–H groups in total. The monoisotopic (exact) mass is 353 g/mol. The molecule has 134 valence electrons. The zero-order valence-electron chi connectivity index (χ0n) is 14.4. The van der Waals surface area contributed by atoms with Crippen molar-refractivity contribution in [3.05, 3.63) is 84.2 Å². The topological polar surface area (TPSA) is 56.2 Å². The molecule has 1 amide bonds. The number of benzene rings is 2. The van der Waals surface area contributed by atoms with Gasteiger partial charge in [-0.1, -0.05) is 30.3 Å². The summed E-state index contributed by atoms with van der Waals surface area (Å²) in [7, 11) is 1.83. The van der Waals surface area contributed by atoms with Crippen LogP contribution in [-0.4, -0.2) is 22.1 Å². The summed E-state index contributed by atoms with van der Waals surface area (Å²) in [5.41, 5.74) is 0.636. The fourth-order valence-corrected chi connectivity index (χ4v) is 2.65. The minimum atomic E-state index is -0.532. The van der Waals surface area contributed by atoms with E-state index in [-0.39, 0.29) is 24.8 Å². The highest BCUT2D eigenvalue weighted by Gasteiger charge is 2.21. The maximum absolute atomic E-state index is 13.6. The van der Waals surface area contributed by atoms with Gasteiger partial charge in [-0.15, -0.1) is 0 Å². The van der Waals surface area contributed by atoms with Crippen LogP contribution in [0, 0.1) is 5.82 Å². The maximum atomic E-state index is 13.6. The summed E-state index contributed by atoms with van der Waals surface area (Å²) in [5.74, 6) is 0.792. The second-order valence-corrected chi connectivity index (χ2v) is 5.86. The molecule has 3 rings (SSSR count). The first-order chi connectivity index (χ1) is 12.6. The van der Waals surface area contributed by atoms with Crippen molar-refractivity contribution >= 4 is 5.91 Å². The molecule has 0 unspecified atom stereocenters. The number of rotatable bonds is 7. The fraction of sp³-hybridized carbons (Fsp3) is 0.200. The van der Waals surface area contributed by atoms with Crippen LogP contribution in [0.1, 0.15) is 23.9 Å². The Morgan fingerprint density at radius 1 is 1.23 bits per heavy atom. The Morgan fingerprint density at radius 2 is 2.04 bits per heavy atom. The van der Waals surface area contributed by atoms with Crippen LogP contribution >= 0.6 is 0 Å². The van der Waals surface area contributed by atoms with Crippen molar-refractivity contribution in [2.24, 2.45) is 7.05 Å². The first-order valence-electron chi connectivity index (χ1n) is 8.33. The summed E-state index contributed by atoms with van der Waals surface area (Å²) in [5, 5.41) is 2.92. The first-order valence-corrected chi connectivity index (χ1v) is 8.33. The Morgan fingerprint density at radius 3 is 2.73 bits per heavy atom. The molecule has 0 fully saturated rings. The molecule has 0 bridgehead atoms. The van der Waals surface area contributed by atoms with E-state index < -0.39 is 6.04 Å². The van der Waals surface area contributed by atoms with Gasteiger partial charge in [-0.3, -0.25) is 4.79 Å². The first kappa shape index (κ1) is 17.7. The van der Waals surface area contributed by atoms with E-state index in [9.17, 15) is 9.18 Å². The Balaban J connectivity index is 1.67. The second kappa shape index (κ2) is 8.29. The maximum Gasteiger partial charge on any atom is 0.224 e. The van der Waals surface area contributed by atoms with E-state index in [2.05, 4.69) is 10.3 Å². The molecule has 2 aromatic carbocycles. The van der Waals surface area contributed by atoms with E-state index in [1.807, 2.05) is 37.4 Å². The van der Waals surface area contributed by atoms with Gasteiger partial charge in [0, 0.05) is 19.4 Å². The molecule has 5 nitrogen and oxygen atoms in total. The van der Waals surface area contributed by atoms with Crippen LogP contribution in [0.2, 0.25) is 0 Å². The SMILES string of the molecule is Cn1ccnc1[C@@H](NC(=O)CCOc1ccccc1)c1cccc(F)c1. The highest BCUT2D eigenvalue weighted by atomic mass is 19.1. The van der Waals surface area contributed by atoms with Crippen LogP contribution < -0.4 is 10.1 Å². The van der Waals surface area contributed by atoms with Gasteiger partial charge in [0.05, 0.1) is 13.0 Å². The van der Waals surface area contributed by atoms with Crippen molar-refractivity contribution in [1.82, 2.24) is 14.9 Å². The predicted molar refractivity (Wildman–Crippen MR) is 96.1 cm³/mol. The molecule has 6 heteroatoms. The lowest BCUT2D eigenvalue weighted by molar-refractivity contribution is -0.122. The lowest BCUT2D eigenvalue weighted by atomic mass is 10.1. The molecule has 0 saturated heterocycles. The Kier molecular flexibility index (Phi) is 5.63. The molecular formula is C20H20FN3O2. The number of hydrogen-bond donors (Lipinski definition) is 1. The highest BCUT2D eigenvalue weighted by molar-refractivity contribution is 5.77. The number of hydrogen-bond acceptors (Lipinski definition) is 3. The van der Waals surface area contributed by atoms with Gasteiger partial charge in [-0.2, -0.15) is 0 Å². The number of aryl methyl sites for hydroxylation is 1. The average molecular weight is 353 g/mol. The van der Waals surface area contributed by atoms with Gasteiger partial charge in [-0.05, 0) is 29.8 Å². The van der Waals surface area contributed by atoms with E-state index >= 15 is 0 Å². The van der Waals surface area contributed by atoms with Crippen LogP contribution in [0.25, 0.3) is 0 Å². The molecule has 0 spiro atoms. The predicted octanol–water partition coefficient (Wildman–Crippen LogP) is 3.23. The summed E-state index contributed by atoms with van der Waals surface area (Å²) in [6.45, 7) is 0.256. The Bertz CT molecular complexity index is 864. The lowest BCUT2D eigenvalue weighted by Gasteiger charge is -2.19. The van der Waals surface area contributed by atoms with Crippen molar-refractivity contribution in [3.63, 3.8) is 0 Å². The number of halogens is 1. The highest BCUT2D eigenvalue weighted by Crippen LogP contribution is 2.21. The van der Waals surface area contributed by atoms with Crippen LogP contribution in [0.3, 0.4) is 0 Å². The van der Waals surface area contributed by atoms with E-state index in [1.54, 1.807) is 29.1 Å². The molecule has 1 atom stereocenters. The summed E-state index contributed by atoms with van der Waals surface area (Å²) in [6, 6.07) is 14.9. The summed E-state index contributed by atoms with van der Waals surface area (Å²) >= 11 is 0. The van der Waals surface area contributed by atoms with E-state index in [0.29, 0.717) is 17.1 Å². The molecule has 0 aliphatic heterocycles. The third kappa shape index (κ3) is 4.47. The van der Waals surface area contributed by atoms with Crippen LogP contribution in [0.15, 0.2) is 67.0 Å². The number of carbonyl (C=O) groups is 1. The van der Waals surface area contributed by atoms with Gasteiger partial charge in [0.25, 0.3) is 0 Å². The third-order valence-corrected chi connectivity index (χ3v) is 3.95. The van der Waals surface area contributed by atoms with Crippen molar-refractivity contribution in [1.29, 1.82) is 0 Å². The van der Waals surface area contributed by atoms with Crippen LogP contribution in [-0.2, 0) is 11.8 Å². The quantitative estimate of drug-likeness (QED) is 0.709. The van der Waals surface area contributed by atoms with Crippen molar-refractivity contribution in [2.45, 2.75) is 12.5 Å². The van der Waals surface area contributed by atoms with Gasteiger partial charge < -0.3 is 14.6 Å². The second-order valence-electron chi connectivity index (χ2n) is 5.86. The number of ether oxygens (including phenoxy) is 1. The van der Waals surface area contributed by atoms with Crippen molar-refractivity contribution in [3.8, 4) is 5.75 Å². The number of carbonyl (C=O) groups excluding carboxylic acids is 1. The Hall–Kier alpha value is -3.15. The molecular weight excluding hydrogens is 333 g/mol. The zero-order valence-corrected chi connectivity index (χ0v) is 14.4. The molecule has 0 aliphatic carbocycles. The largest absolute Gasteiger partial charge is 0.493 e. The number of imidazole rings is 1. The number of para-hydroxylation sites is 1. The third-order valence-electron chi connectivity index (χ3n) is 3.95. The van der Waals surface area contributed by atoms with Crippen LogP contribution in [0.5, 0.6) is 5.75 Å². The van der Waals surface area contributed by atoms with E-state index in [1.165, 1.54) is 12.1 Å². The number of nitrogens with zero attached hydrogens (tertiary/aromatic N) is 2. The van der Waals surface area contributed by atoms with Gasteiger partial charge in [-0.25, -0.2) is 9.37 Å². The molecule has 0 saturated carbocycles. The fourth-order valence-electron chi connectivity index (χ4n) is 2.65. The zero-order chi connectivity index (χ0) is 18.4. The standard InChI is InChI=1S/C20H20FN3O2/c1-24-12-11-22-20(24)19(15-6-5-7-16(21)14-15)23-18(25)10-13-26-17-8-3-2-4-9-17/h2-9,11-12,14,19H,10,13H2,1H3,(H,23,25)/t19-/m0/s1. The molecule has 26 heavy (non-hydrogen) atoms. The lowest BCUT2D eigenvalue weighted by Crippen LogP contribution is -2.32. The van der Waals surface area contributed by atoms with Crippen molar-refractivity contribution < 1.29 is 13.9 Å². The average Bonchev–Trinajstić information content (AvgIpc) is 3.06. The van der Waals surface area contributed by atoms with E-state index in [0.717, 1.165) is 0 Å². The molecule has 0 radical (unpaired) electrons. The smallest absolute Gasteiger partial charge is 0.224 e. The van der Waals surface area contributed by atoms with Gasteiger partial charge in [0.1, 0.15) is 23.4 Å². The van der Waals surface area contributed by atoms with Gasteiger partial charge >= 0.3 is 0 Å². The summed E-state index contributed by atoms with van der Waals surface area (Å²) < 4.78 is 21.0. The summed E-state index contributed by atoms with van der Waals surface area (Å²) in [4.78, 5) is 16.7. The van der Waals surface area contributed by atoms with E-state index in [4.69, 9.17) is 4.74 Å². The van der Waals surface area contributed by atoms with Crippen molar-refractivity contribution in [2.75, 3.05) is 6.61 Å². The molecule has 1 heterocycles. The molecule has 1 aromatic heterocycles. The number of nitrogens with one attached hydrogen (secondary N) is 1. The normalized spacial score (nSPS) is 11.8. The van der Waals surface area contributed by atoms with Gasteiger partial charge in [0.15, 0.2) is 0 Å². The van der Waals surface area contributed by atoms with Crippen LogP contribution in [0.4, 0.5) is 4.39 Å². The number of amides is 1. The summed E-state index contributed by atoms with van der Waals surface area (Å²) in [6.07, 6.45) is 3.61. The van der Waals surface area contributed by atoms with Gasteiger partial charge in [0.2, 0.25) is 5.91 Å². The molecule has 0 aliphatic rings. The minimum Gasteiger partial charge on any atom is -0.493 e. The number of aromatic nitrogens is 2. The molecule has 3 aromatic rings. The Labute approximate surface area is 151 Å². The minimum absolute atomic E-state index is 0.186.